The first kappa shape index (κ1) is 23.7. The van der Waals surface area contributed by atoms with Crippen LogP contribution in [0.5, 0.6) is 5.75 Å². The van der Waals surface area contributed by atoms with Crippen molar-refractivity contribution < 1.29 is 22.7 Å². The molecule has 0 unspecified atom stereocenters. The Balaban J connectivity index is 1.42. The molecule has 0 atom stereocenters. The van der Waals surface area contributed by atoms with E-state index in [1.165, 1.54) is 20.0 Å². The Labute approximate surface area is 196 Å². The number of carbonyl (C=O) groups is 1. The van der Waals surface area contributed by atoms with Crippen molar-refractivity contribution in [1.29, 1.82) is 0 Å². The van der Waals surface area contributed by atoms with E-state index in [0.717, 1.165) is 22.4 Å². The van der Waals surface area contributed by atoms with E-state index in [-0.39, 0.29) is 12.4 Å². The van der Waals surface area contributed by atoms with Crippen LogP contribution in [-0.4, -0.2) is 63.5 Å². The molecule has 0 spiro atoms. The topological polar surface area (TPSA) is 76.2 Å². The second kappa shape index (κ2) is 10.2. The van der Waals surface area contributed by atoms with Crippen molar-refractivity contribution in [3.05, 3.63) is 59.2 Å². The van der Waals surface area contributed by atoms with Crippen molar-refractivity contribution in [2.75, 3.05) is 39.9 Å². The lowest BCUT2D eigenvalue weighted by atomic mass is 10.1. The summed E-state index contributed by atoms with van der Waals surface area (Å²) in [7, 11) is -2.10. The Hall–Kier alpha value is -2.42. The number of piperazine rings is 1. The molecule has 7 nitrogen and oxygen atoms in total. The summed E-state index contributed by atoms with van der Waals surface area (Å²) in [6.45, 7) is 5.45. The summed E-state index contributed by atoms with van der Waals surface area (Å²) in [5.74, 6) is 1.20. The summed E-state index contributed by atoms with van der Waals surface area (Å²) >= 11 is 0. The summed E-state index contributed by atoms with van der Waals surface area (Å²) in [5.41, 5.74) is 2.94. The number of sulfonamides is 1. The molecular formula is C25H32N2O5S. The standard InChI is InChI=1S/C25H32N2O5S/c1-19-3-8-23(9-4-19)33(29,30)27-13-11-26(12-14-27)17-22-15-21(16-25(28)31-2)7-10-24(22)32-18-20-5-6-20/h3-4,7-10,15,20H,5-6,11-14,16-18H2,1-2H3. The van der Waals surface area contributed by atoms with Gasteiger partial charge in [0.15, 0.2) is 0 Å². The second-order valence-electron chi connectivity index (χ2n) is 8.94. The third-order valence-corrected chi connectivity index (χ3v) is 8.17. The predicted molar refractivity (Wildman–Crippen MR) is 126 cm³/mol. The molecule has 8 heteroatoms. The van der Waals surface area contributed by atoms with Gasteiger partial charge in [-0.25, -0.2) is 8.42 Å². The van der Waals surface area contributed by atoms with Crippen LogP contribution < -0.4 is 4.74 Å². The molecule has 0 radical (unpaired) electrons. The highest BCUT2D eigenvalue weighted by molar-refractivity contribution is 7.89. The van der Waals surface area contributed by atoms with Crippen LogP contribution in [0.25, 0.3) is 0 Å². The molecule has 1 saturated carbocycles. The van der Waals surface area contributed by atoms with Gasteiger partial charge in [-0.05, 0) is 49.4 Å². The zero-order chi connectivity index (χ0) is 23.4. The molecule has 4 rings (SSSR count). The largest absolute Gasteiger partial charge is 0.493 e. The fraction of sp³-hybridized carbons (Fsp3) is 0.480. The van der Waals surface area contributed by atoms with E-state index in [2.05, 4.69) is 4.90 Å². The molecule has 0 aromatic heterocycles. The minimum absolute atomic E-state index is 0.217. The molecule has 1 aliphatic heterocycles. The zero-order valence-corrected chi connectivity index (χ0v) is 20.1. The van der Waals surface area contributed by atoms with E-state index in [4.69, 9.17) is 9.47 Å². The van der Waals surface area contributed by atoms with Gasteiger partial charge in [-0.3, -0.25) is 9.69 Å². The van der Waals surface area contributed by atoms with Gasteiger partial charge in [0, 0.05) is 38.3 Å². The number of benzene rings is 2. The van der Waals surface area contributed by atoms with Crippen molar-refractivity contribution in [2.24, 2.45) is 5.92 Å². The lowest BCUT2D eigenvalue weighted by Gasteiger charge is -2.34. The molecule has 178 valence electrons. The quantitative estimate of drug-likeness (QED) is 0.522. The van der Waals surface area contributed by atoms with Crippen LogP contribution in [0, 0.1) is 12.8 Å². The van der Waals surface area contributed by atoms with Crippen molar-refractivity contribution >= 4 is 16.0 Å². The molecule has 2 aliphatic rings. The number of carbonyl (C=O) groups excluding carboxylic acids is 1. The third-order valence-electron chi connectivity index (χ3n) is 6.26. The molecule has 33 heavy (non-hydrogen) atoms. The molecule has 0 N–H and O–H groups in total. The molecule has 2 fully saturated rings. The Morgan fingerprint density at radius 3 is 2.36 bits per heavy atom. The summed E-state index contributed by atoms with van der Waals surface area (Å²) in [5, 5.41) is 0. The Bertz CT molecular complexity index is 1070. The van der Waals surface area contributed by atoms with Crippen LogP contribution >= 0.6 is 0 Å². The highest BCUT2D eigenvalue weighted by Gasteiger charge is 2.29. The van der Waals surface area contributed by atoms with Gasteiger partial charge < -0.3 is 9.47 Å². The molecule has 2 aromatic carbocycles. The summed E-state index contributed by atoms with van der Waals surface area (Å²) in [6.07, 6.45) is 2.65. The Morgan fingerprint density at radius 1 is 1.03 bits per heavy atom. The predicted octanol–water partition coefficient (Wildman–Crippen LogP) is 3.01. The number of esters is 1. The van der Waals surface area contributed by atoms with Crippen molar-refractivity contribution in [2.45, 2.75) is 37.6 Å². The zero-order valence-electron chi connectivity index (χ0n) is 19.3. The molecule has 0 bridgehead atoms. The first-order valence-corrected chi connectivity index (χ1v) is 12.9. The number of aryl methyl sites for hydroxylation is 1. The van der Waals surface area contributed by atoms with Gasteiger partial charge in [0.1, 0.15) is 5.75 Å². The van der Waals surface area contributed by atoms with Gasteiger partial charge in [0.05, 0.1) is 25.0 Å². The fourth-order valence-corrected chi connectivity index (χ4v) is 5.39. The number of hydrogen-bond acceptors (Lipinski definition) is 6. The maximum atomic E-state index is 13.0. The minimum atomic E-state index is -3.49. The second-order valence-corrected chi connectivity index (χ2v) is 10.9. The first-order chi connectivity index (χ1) is 15.8. The summed E-state index contributed by atoms with van der Waals surface area (Å²) in [6, 6.07) is 12.9. The van der Waals surface area contributed by atoms with E-state index in [0.29, 0.717) is 50.1 Å². The third kappa shape index (κ3) is 6.13. The average Bonchev–Trinajstić information content (AvgIpc) is 3.64. The normalized spacial score (nSPS) is 17.6. The highest BCUT2D eigenvalue weighted by atomic mass is 32.2. The number of rotatable bonds is 9. The lowest BCUT2D eigenvalue weighted by molar-refractivity contribution is -0.139. The van der Waals surface area contributed by atoms with Crippen LogP contribution in [0.2, 0.25) is 0 Å². The minimum Gasteiger partial charge on any atom is -0.493 e. The van der Waals surface area contributed by atoms with Gasteiger partial charge in [0.25, 0.3) is 0 Å². The van der Waals surface area contributed by atoms with Crippen LogP contribution in [0.15, 0.2) is 47.4 Å². The van der Waals surface area contributed by atoms with Crippen molar-refractivity contribution in [3.8, 4) is 5.75 Å². The van der Waals surface area contributed by atoms with E-state index in [9.17, 15) is 13.2 Å². The monoisotopic (exact) mass is 472 g/mol. The van der Waals surface area contributed by atoms with Crippen molar-refractivity contribution in [3.63, 3.8) is 0 Å². The van der Waals surface area contributed by atoms with Gasteiger partial charge in [-0.15, -0.1) is 0 Å². The first-order valence-electron chi connectivity index (χ1n) is 11.5. The molecule has 0 amide bonds. The van der Waals surface area contributed by atoms with E-state index in [1.54, 1.807) is 16.4 Å². The molecule has 2 aromatic rings. The van der Waals surface area contributed by atoms with Gasteiger partial charge in [-0.1, -0.05) is 29.8 Å². The van der Waals surface area contributed by atoms with Crippen molar-refractivity contribution in [1.82, 2.24) is 9.21 Å². The SMILES string of the molecule is COC(=O)Cc1ccc(OCC2CC2)c(CN2CCN(S(=O)(=O)c3ccc(C)cc3)CC2)c1. The summed E-state index contributed by atoms with van der Waals surface area (Å²) in [4.78, 5) is 14.3. The fourth-order valence-electron chi connectivity index (χ4n) is 3.97. The Morgan fingerprint density at radius 2 is 1.73 bits per heavy atom. The van der Waals surface area contributed by atoms with E-state index < -0.39 is 10.0 Å². The van der Waals surface area contributed by atoms with E-state index in [1.807, 2.05) is 37.3 Å². The van der Waals surface area contributed by atoms with Gasteiger partial charge in [0.2, 0.25) is 10.0 Å². The molecule has 1 saturated heterocycles. The molecule has 1 heterocycles. The highest BCUT2D eigenvalue weighted by Crippen LogP contribution is 2.31. The van der Waals surface area contributed by atoms with Gasteiger partial charge >= 0.3 is 5.97 Å². The number of hydrogen-bond donors (Lipinski definition) is 0. The van der Waals surface area contributed by atoms with Crippen LogP contribution in [-0.2, 0) is 32.5 Å². The Kier molecular flexibility index (Phi) is 7.36. The molecule has 1 aliphatic carbocycles. The van der Waals surface area contributed by atoms with Crippen LogP contribution in [0.3, 0.4) is 0 Å². The average molecular weight is 473 g/mol. The number of methoxy groups -OCH3 is 1. The smallest absolute Gasteiger partial charge is 0.309 e. The van der Waals surface area contributed by atoms with Crippen LogP contribution in [0.4, 0.5) is 0 Å². The van der Waals surface area contributed by atoms with Crippen LogP contribution in [0.1, 0.15) is 29.5 Å². The van der Waals surface area contributed by atoms with E-state index >= 15 is 0 Å². The number of ether oxygens (including phenoxy) is 2. The molecular weight excluding hydrogens is 440 g/mol. The maximum absolute atomic E-state index is 13.0. The maximum Gasteiger partial charge on any atom is 0.309 e. The lowest BCUT2D eigenvalue weighted by Crippen LogP contribution is -2.48. The summed E-state index contributed by atoms with van der Waals surface area (Å²) < 4.78 is 38.4. The van der Waals surface area contributed by atoms with Gasteiger partial charge in [-0.2, -0.15) is 4.31 Å². The number of nitrogens with zero attached hydrogens (tertiary/aromatic N) is 2.